The normalized spacial score (nSPS) is 14.3. The highest BCUT2D eigenvalue weighted by atomic mass is 35.5. The molecule has 0 unspecified atom stereocenters. The van der Waals surface area contributed by atoms with Crippen LogP contribution < -0.4 is 4.90 Å². The minimum atomic E-state index is -0.249. The minimum absolute atomic E-state index is 0.249. The molecule has 0 spiro atoms. The summed E-state index contributed by atoms with van der Waals surface area (Å²) in [5.74, 6) is -0.249. The molecule has 3 aromatic rings. The molecule has 28 heavy (non-hydrogen) atoms. The second-order valence-corrected chi connectivity index (χ2v) is 7.35. The van der Waals surface area contributed by atoms with Crippen molar-refractivity contribution in [2.45, 2.75) is 6.54 Å². The minimum Gasteiger partial charge on any atom is -0.367 e. The molecule has 0 N–H and O–H groups in total. The highest BCUT2D eigenvalue weighted by molar-refractivity contribution is 6.30. The number of pyridine rings is 1. The van der Waals surface area contributed by atoms with Crippen molar-refractivity contribution in [2.24, 2.45) is 0 Å². The number of hydrogen-bond acceptors (Lipinski definition) is 3. The van der Waals surface area contributed by atoms with Crippen LogP contribution in [0, 0.1) is 5.82 Å². The lowest BCUT2D eigenvalue weighted by Crippen LogP contribution is -2.46. The van der Waals surface area contributed by atoms with Crippen LogP contribution in [0.5, 0.6) is 0 Å². The first-order valence-corrected chi connectivity index (χ1v) is 9.90. The molecule has 1 aliphatic heterocycles. The predicted molar refractivity (Wildman–Crippen MR) is 115 cm³/mol. The third kappa shape index (κ3) is 6.20. The zero-order chi connectivity index (χ0) is 19.8. The van der Waals surface area contributed by atoms with Gasteiger partial charge < -0.3 is 4.90 Å². The zero-order valence-electron chi connectivity index (χ0n) is 15.4. The van der Waals surface area contributed by atoms with Crippen LogP contribution in [0.2, 0.25) is 10.0 Å². The highest BCUT2D eigenvalue weighted by Crippen LogP contribution is 2.24. The van der Waals surface area contributed by atoms with Crippen molar-refractivity contribution >= 4 is 28.9 Å². The second kappa shape index (κ2) is 10.4. The maximum atomic E-state index is 13.9. The lowest BCUT2D eigenvalue weighted by Gasteiger charge is -2.36. The monoisotopic (exact) mass is 417 g/mol. The van der Waals surface area contributed by atoms with E-state index in [9.17, 15) is 4.39 Å². The molecule has 0 amide bonds. The lowest BCUT2D eigenvalue weighted by molar-refractivity contribution is 0.246. The molecule has 1 fully saturated rings. The van der Waals surface area contributed by atoms with Gasteiger partial charge in [-0.1, -0.05) is 47.5 Å². The van der Waals surface area contributed by atoms with Gasteiger partial charge in [0.1, 0.15) is 5.82 Å². The van der Waals surface area contributed by atoms with Gasteiger partial charge in [0.05, 0.1) is 11.4 Å². The van der Waals surface area contributed by atoms with Crippen molar-refractivity contribution in [3.8, 4) is 0 Å². The molecule has 2 heterocycles. The Kier molecular flexibility index (Phi) is 7.66. The molecule has 3 nitrogen and oxygen atoms in total. The average molecular weight is 418 g/mol. The predicted octanol–water partition coefficient (Wildman–Crippen LogP) is 5.54. The molecule has 2 aromatic carbocycles. The Balaban J connectivity index is 0.000000271. The number of anilines is 1. The van der Waals surface area contributed by atoms with Gasteiger partial charge in [-0.05, 0) is 42.5 Å². The highest BCUT2D eigenvalue weighted by Gasteiger charge is 2.19. The Bertz CT molecular complexity index is 854. The second-order valence-electron chi connectivity index (χ2n) is 6.48. The molecule has 0 bridgehead atoms. The van der Waals surface area contributed by atoms with E-state index in [1.807, 2.05) is 54.7 Å². The molecule has 1 aliphatic rings. The molecule has 146 valence electrons. The summed E-state index contributed by atoms with van der Waals surface area (Å²) in [6.07, 6.45) is 1.81. The Hall–Kier alpha value is -2.14. The van der Waals surface area contributed by atoms with Gasteiger partial charge in [-0.3, -0.25) is 9.88 Å². The summed E-state index contributed by atoms with van der Waals surface area (Å²) in [6.45, 7) is 4.27. The van der Waals surface area contributed by atoms with Gasteiger partial charge in [-0.15, -0.1) is 0 Å². The van der Waals surface area contributed by atoms with E-state index in [4.69, 9.17) is 23.2 Å². The van der Waals surface area contributed by atoms with Gasteiger partial charge in [-0.25, -0.2) is 4.39 Å². The summed E-state index contributed by atoms with van der Waals surface area (Å²) in [5.41, 5.74) is 1.71. The summed E-state index contributed by atoms with van der Waals surface area (Å²) in [4.78, 5) is 8.75. The van der Waals surface area contributed by atoms with E-state index in [0.717, 1.165) is 43.4 Å². The fourth-order valence-electron chi connectivity index (χ4n) is 3.02. The third-order valence-corrected chi connectivity index (χ3v) is 4.95. The van der Waals surface area contributed by atoms with E-state index in [0.29, 0.717) is 10.7 Å². The SMILES string of the molecule is Clc1ccccc1.Fc1cc(Cl)ccc1N1CCN(Cc2ccccn2)CC1. The number of piperazine rings is 1. The number of rotatable bonds is 3. The lowest BCUT2D eigenvalue weighted by atomic mass is 10.2. The number of halogens is 3. The number of benzene rings is 2. The van der Waals surface area contributed by atoms with E-state index in [1.165, 1.54) is 6.07 Å². The Morgan fingerprint density at radius 1 is 0.821 bits per heavy atom. The van der Waals surface area contributed by atoms with Gasteiger partial charge >= 0.3 is 0 Å². The van der Waals surface area contributed by atoms with Crippen LogP contribution in [0.25, 0.3) is 0 Å². The quantitative estimate of drug-likeness (QED) is 0.557. The fourth-order valence-corrected chi connectivity index (χ4v) is 3.32. The molecule has 6 heteroatoms. The van der Waals surface area contributed by atoms with Crippen LogP contribution in [-0.2, 0) is 6.54 Å². The standard InChI is InChI=1S/C16H17ClFN3.C6H5Cl/c17-13-4-5-16(15(18)11-13)21-9-7-20(8-10-21)12-14-3-1-2-6-19-14;7-6-4-2-1-3-5-6/h1-6,11H,7-10,12H2;1-5H. The van der Waals surface area contributed by atoms with E-state index in [2.05, 4.69) is 14.8 Å². The average Bonchev–Trinajstić information content (AvgIpc) is 2.71. The van der Waals surface area contributed by atoms with Gasteiger partial charge in [0.2, 0.25) is 0 Å². The van der Waals surface area contributed by atoms with Gasteiger partial charge in [0.15, 0.2) is 0 Å². The first-order chi connectivity index (χ1) is 13.6. The van der Waals surface area contributed by atoms with Crippen LogP contribution in [0.1, 0.15) is 5.69 Å². The Morgan fingerprint density at radius 2 is 1.54 bits per heavy atom. The summed E-state index contributed by atoms with van der Waals surface area (Å²) < 4.78 is 13.9. The first kappa shape index (κ1) is 20.6. The Morgan fingerprint density at radius 3 is 2.11 bits per heavy atom. The molecule has 0 atom stereocenters. The summed E-state index contributed by atoms with van der Waals surface area (Å²) in [7, 11) is 0. The van der Waals surface area contributed by atoms with Crippen LogP contribution in [0.4, 0.5) is 10.1 Å². The smallest absolute Gasteiger partial charge is 0.147 e. The van der Waals surface area contributed by atoms with E-state index < -0.39 is 0 Å². The molecule has 0 radical (unpaired) electrons. The molecular weight excluding hydrogens is 396 g/mol. The maximum absolute atomic E-state index is 13.9. The van der Waals surface area contributed by atoms with Crippen molar-refractivity contribution in [1.82, 2.24) is 9.88 Å². The topological polar surface area (TPSA) is 19.4 Å². The molecule has 4 rings (SSSR count). The number of aromatic nitrogens is 1. The van der Waals surface area contributed by atoms with Gasteiger partial charge in [0, 0.05) is 49.0 Å². The van der Waals surface area contributed by atoms with Crippen molar-refractivity contribution in [3.63, 3.8) is 0 Å². The van der Waals surface area contributed by atoms with Crippen LogP contribution in [0.15, 0.2) is 72.9 Å². The maximum Gasteiger partial charge on any atom is 0.147 e. The molecular formula is C22H22Cl2FN3. The van der Waals surface area contributed by atoms with E-state index in [-0.39, 0.29) is 5.82 Å². The third-order valence-electron chi connectivity index (χ3n) is 4.47. The number of nitrogens with zero attached hydrogens (tertiary/aromatic N) is 3. The Labute approximate surface area is 175 Å². The zero-order valence-corrected chi connectivity index (χ0v) is 17.0. The fraction of sp³-hybridized carbons (Fsp3) is 0.227. The van der Waals surface area contributed by atoms with E-state index in [1.54, 1.807) is 12.1 Å². The summed E-state index contributed by atoms with van der Waals surface area (Å²) in [6, 6.07) is 20.3. The van der Waals surface area contributed by atoms with Crippen molar-refractivity contribution in [1.29, 1.82) is 0 Å². The van der Waals surface area contributed by atoms with Gasteiger partial charge in [-0.2, -0.15) is 0 Å². The molecule has 1 aromatic heterocycles. The van der Waals surface area contributed by atoms with Crippen LogP contribution in [-0.4, -0.2) is 36.1 Å². The van der Waals surface area contributed by atoms with Crippen LogP contribution >= 0.6 is 23.2 Å². The van der Waals surface area contributed by atoms with Crippen molar-refractivity contribution in [2.75, 3.05) is 31.1 Å². The first-order valence-electron chi connectivity index (χ1n) is 9.14. The van der Waals surface area contributed by atoms with Gasteiger partial charge in [0.25, 0.3) is 0 Å². The molecule has 0 aliphatic carbocycles. The van der Waals surface area contributed by atoms with Crippen LogP contribution in [0.3, 0.4) is 0 Å². The van der Waals surface area contributed by atoms with Crippen molar-refractivity contribution < 1.29 is 4.39 Å². The van der Waals surface area contributed by atoms with Crippen molar-refractivity contribution in [3.05, 3.63) is 94.5 Å². The molecule has 1 saturated heterocycles. The molecule has 0 saturated carbocycles. The van der Waals surface area contributed by atoms with E-state index >= 15 is 0 Å². The summed E-state index contributed by atoms with van der Waals surface area (Å²) in [5, 5.41) is 1.23. The summed E-state index contributed by atoms with van der Waals surface area (Å²) >= 11 is 11.3. The number of hydrogen-bond donors (Lipinski definition) is 0. The largest absolute Gasteiger partial charge is 0.367 e.